The molecule has 126 valence electrons. The lowest BCUT2D eigenvalue weighted by molar-refractivity contribution is 0.219. The van der Waals surface area contributed by atoms with Crippen LogP contribution in [0.25, 0.3) is 0 Å². The Morgan fingerprint density at radius 3 is 2.28 bits per heavy atom. The molecule has 0 heterocycles. The minimum absolute atomic E-state index is 0.520. The van der Waals surface area contributed by atoms with E-state index >= 15 is 0 Å². The largest absolute Gasteiger partial charge is 0.488 e. The second kappa shape index (κ2) is 7.03. The van der Waals surface area contributed by atoms with E-state index in [0.29, 0.717) is 6.61 Å². The van der Waals surface area contributed by atoms with Crippen LogP contribution in [0, 0.1) is 0 Å². The first-order chi connectivity index (χ1) is 12.2. The van der Waals surface area contributed by atoms with Crippen molar-refractivity contribution in [3.63, 3.8) is 0 Å². The van der Waals surface area contributed by atoms with Gasteiger partial charge < -0.3 is 9.84 Å². The molecule has 1 aliphatic carbocycles. The van der Waals surface area contributed by atoms with E-state index in [1.54, 1.807) is 0 Å². The number of halogens is 1. The number of aryl methyl sites for hydroxylation is 2. The van der Waals surface area contributed by atoms with Crippen LogP contribution in [0.2, 0.25) is 0 Å². The summed E-state index contributed by atoms with van der Waals surface area (Å²) >= 11 is 3.56. The Morgan fingerprint density at radius 2 is 1.60 bits per heavy atom. The number of rotatable bonds is 5. The van der Waals surface area contributed by atoms with Crippen molar-refractivity contribution in [2.45, 2.75) is 25.6 Å². The Morgan fingerprint density at radius 1 is 0.880 bits per heavy atom. The van der Waals surface area contributed by atoms with Gasteiger partial charge in [-0.1, -0.05) is 54.6 Å². The van der Waals surface area contributed by atoms with Crippen molar-refractivity contribution in [1.82, 2.24) is 0 Å². The number of aliphatic hydroxyl groups excluding tert-OH is 1. The summed E-state index contributed by atoms with van der Waals surface area (Å²) in [7, 11) is 0. The van der Waals surface area contributed by atoms with Crippen LogP contribution in [0.4, 0.5) is 0 Å². The average molecular weight is 395 g/mol. The quantitative estimate of drug-likeness (QED) is 0.643. The SMILES string of the molecule is OC(c1ccc(OCc2ccccc2)c(Br)c1)c1ccc2c(c1)CC2. The molecule has 0 bridgehead atoms. The summed E-state index contributed by atoms with van der Waals surface area (Å²) in [5.41, 5.74) is 5.70. The smallest absolute Gasteiger partial charge is 0.134 e. The number of ether oxygens (including phenoxy) is 1. The molecular formula is C22H19BrO2. The average Bonchev–Trinajstić information content (AvgIpc) is 2.62. The number of aliphatic hydroxyl groups is 1. The zero-order chi connectivity index (χ0) is 17.2. The van der Waals surface area contributed by atoms with Crippen LogP contribution >= 0.6 is 15.9 Å². The third-order valence-electron chi connectivity index (χ3n) is 4.72. The molecule has 0 saturated carbocycles. The van der Waals surface area contributed by atoms with E-state index in [2.05, 4.69) is 28.1 Å². The molecule has 0 aliphatic heterocycles. The zero-order valence-corrected chi connectivity index (χ0v) is 15.4. The van der Waals surface area contributed by atoms with Gasteiger partial charge >= 0.3 is 0 Å². The van der Waals surface area contributed by atoms with E-state index in [1.807, 2.05) is 54.6 Å². The van der Waals surface area contributed by atoms with Gasteiger partial charge in [0.25, 0.3) is 0 Å². The molecule has 1 N–H and O–H groups in total. The molecule has 0 aromatic heterocycles. The molecule has 0 saturated heterocycles. The zero-order valence-electron chi connectivity index (χ0n) is 13.8. The van der Waals surface area contributed by atoms with Crippen molar-refractivity contribution in [3.8, 4) is 5.75 Å². The molecule has 4 rings (SSSR count). The first-order valence-electron chi connectivity index (χ1n) is 8.46. The van der Waals surface area contributed by atoms with Gasteiger partial charge in [-0.2, -0.15) is 0 Å². The normalized spacial score (nSPS) is 13.7. The highest BCUT2D eigenvalue weighted by atomic mass is 79.9. The Balaban J connectivity index is 1.49. The van der Waals surface area contributed by atoms with Crippen LogP contribution in [-0.4, -0.2) is 5.11 Å². The van der Waals surface area contributed by atoms with Crippen molar-refractivity contribution in [3.05, 3.63) is 99.0 Å². The maximum Gasteiger partial charge on any atom is 0.134 e. The van der Waals surface area contributed by atoms with Crippen LogP contribution < -0.4 is 4.74 Å². The lowest BCUT2D eigenvalue weighted by Gasteiger charge is -2.21. The van der Waals surface area contributed by atoms with Crippen LogP contribution in [0.3, 0.4) is 0 Å². The lowest BCUT2D eigenvalue weighted by Crippen LogP contribution is -2.10. The lowest BCUT2D eigenvalue weighted by atomic mass is 9.85. The summed E-state index contributed by atoms with van der Waals surface area (Å²) in [4.78, 5) is 0. The highest BCUT2D eigenvalue weighted by Gasteiger charge is 2.18. The first-order valence-corrected chi connectivity index (χ1v) is 9.26. The third kappa shape index (κ3) is 3.48. The van der Waals surface area contributed by atoms with Crippen molar-refractivity contribution in [1.29, 1.82) is 0 Å². The standard InChI is InChI=1S/C22H19BrO2/c23-20-13-19(22(24)18-9-7-16-6-8-17(16)12-18)10-11-21(20)25-14-15-4-2-1-3-5-15/h1-5,7,9-13,22,24H,6,8,14H2. The predicted molar refractivity (Wildman–Crippen MR) is 103 cm³/mol. The Kier molecular flexibility index (Phi) is 4.60. The van der Waals surface area contributed by atoms with E-state index in [-0.39, 0.29) is 0 Å². The molecule has 1 unspecified atom stereocenters. The molecular weight excluding hydrogens is 376 g/mol. The first kappa shape index (κ1) is 16.4. The van der Waals surface area contributed by atoms with Gasteiger partial charge in [0.2, 0.25) is 0 Å². The number of hydrogen-bond acceptors (Lipinski definition) is 2. The van der Waals surface area contributed by atoms with Gasteiger partial charge in [0, 0.05) is 0 Å². The molecule has 0 spiro atoms. The minimum atomic E-state index is -0.620. The summed E-state index contributed by atoms with van der Waals surface area (Å²) in [6.07, 6.45) is 1.65. The highest BCUT2D eigenvalue weighted by molar-refractivity contribution is 9.10. The molecule has 3 heteroatoms. The summed E-state index contributed by atoms with van der Waals surface area (Å²) in [6.45, 7) is 0.520. The van der Waals surface area contributed by atoms with Crippen LogP contribution in [0.15, 0.2) is 71.2 Å². The van der Waals surface area contributed by atoms with Crippen LogP contribution in [0.5, 0.6) is 5.75 Å². The number of benzene rings is 3. The Bertz CT molecular complexity index is 890. The van der Waals surface area contributed by atoms with Crippen LogP contribution in [-0.2, 0) is 19.4 Å². The molecule has 2 nitrogen and oxygen atoms in total. The number of fused-ring (bicyclic) bond motifs is 1. The van der Waals surface area contributed by atoms with Crippen LogP contribution in [0.1, 0.15) is 33.9 Å². The maximum absolute atomic E-state index is 10.7. The van der Waals surface area contributed by atoms with Crippen molar-refractivity contribution >= 4 is 15.9 Å². The van der Waals surface area contributed by atoms with E-state index < -0.39 is 6.10 Å². The summed E-state index contributed by atoms with van der Waals surface area (Å²) in [5, 5.41) is 10.7. The topological polar surface area (TPSA) is 29.5 Å². The van der Waals surface area contributed by atoms with Gasteiger partial charge in [0.1, 0.15) is 18.5 Å². The molecule has 0 radical (unpaired) electrons. The molecule has 1 aliphatic rings. The van der Waals surface area contributed by atoms with Gasteiger partial charge in [0.05, 0.1) is 4.47 Å². The number of hydrogen-bond donors (Lipinski definition) is 1. The van der Waals surface area contributed by atoms with Crippen molar-refractivity contribution in [2.24, 2.45) is 0 Å². The van der Waals surface area contributed by atoms with Gasteiger partial charge in [-0.3, -0.25) is 0 Å². The van der Waals surface area contributed by atoms with Crippen molar-refractivity contribution in [2.75, 3.05) is 0 Å². The fourth-order valence-corrected chi connectivity index (χ4v) is 3.63. The second-order valence-electron chi connectivity index (χ2n) is 6.39. The minimum Gasteiger partial charge on any atom is -0.488 e. The fraction of sp³-hybridized carbons (Fsp3) is 0.182. The Labute approximate surface area is 156 Å². The fourth-order valence-electron chi connectivity index (χ4n) is 3.12. The third-order valence-corrected chi connectivity index (χ3v) is 5.34. The molecule has 1 atom stereocenters. The maximum atomic E-state index is 10.7. The van der Waals surface area contributed by atoms with Crippen molar-refractivity contribution < 1.29 is 9.84 Å². The molecule has 3 aromatic rings. The van der Waals surface area contributed by atoms with E-state index in [9.17, 15) is 5.11 Å². The van der Waals surface area contributed by atoms with Gasteiger partial charge in [-0.15, -0.1) is 0 Å². The van der Waals surface area contributed by atoms with Gasteiger partial charge in [0.15, 0.2) is 0 Å². The Hall–Kier alpha value is -2.10. The van der Waals surface area contributed by atoms with E-state index in [0.717, 1.165) is 39.8 Å². The van der Waals surface area contributed by atoms with E-state index in [1.165, 1.54) is 11.1 Å². The highest BCUT2D eigenvalue weighted by Crippen LogP contribution is 2.33. The van der Waals surface area contributed by atoms with E-state index in [4.69, 9.17) is 4.74 Å². The predicted octanol–water partition coefficient (Wildman–Crippen LogP) is 5.21. The summed E-state index contributed by atoms with van der Waals surface area (Å²) in [6, 6.07) is 22.1. The molecule has 25 heavy (non-hydrogen) atoms. The monoisotopic (exact) mass is 394 g/mol. The molecule has 0 fully saturated rings. The molecule has 0 amide bonds. The van der Waals surface area contributed by atoms with Gasteiger partial charge in [-0.25, -0.2) is 0 Å². The summed E-state index contributed by atoms with van der Waals surface area (Å²) < 4.78 is 6.73. The second-order valence-corrected chi connectivity index (χ2v) is 7.25. The molecule has 3 aromatic carbocycles. The summed E-state index contributed by atoms with van der Waals surface area (Å²) in [5.74, 6) is 0.775. The van der Waals surface area contributed by atoms with Gasteiger partial charge in [-0.05, 0) is 68.7 Å².